The van der Waals surface area contributed by atoms with E-state index in [-0.39, 0.29) is 18.7 Å². The molecule has 1 heterocycles. The molecular weight excluding hydrogens is 388 g/mol. The van der Waals surface area contributed by atoms with Crippen LogP contribution in [0, 0.1) is 0 Å². The minimum atomic E-state index is -1.03. The Hall–Kier alpha value is -3.55. The van der Waals surface area contributed by atoms with Crippen molar-refractivity contribution in [1.82, 2.24) is 5.01 Å². The van der Waals surface area contributed by atoms with Crippen LogP contribution >= 0.6 is 0 Å². The van der Waals surface area contributed by atoms with Crippen molar-refractivity contribution in [2.45, 2.75) is 25.3 Å². The highest BCUT2D eigenvalue weighted by Crippen LogP contribution is 2.39. The van der Waals surface area contributed by atoms with Crippen molar-refractivity contribution in [3.05, 3.63) is 53.6 Å². The van der Waals surface area contributed by atoms with Crippen LogP contribution in [0.25, 0.3) is 0 Å². The van der Waals surface area contributed by atoms with Crippen molar-refractivity contribution in [2.24, 2.45) is 5.10 Å². The third-order valence-corrected chi connectivity index (χ3v) is 4.93. The van der Waals surface area contributed by atoms with Crippen molar-refractivity contribution in [1.29, 1.82) is 0 Å². The maximum absolute atomic E-state index is 12.8. The number of carboxylic acid groups (broad SMARTS) is 1. The Balaban J connectivity index is 1.98. The maximum Gasteiger partial charge on any atom is 0.303 e. The number of rotatable bonds is 8. The topological polar surface area (TPSA) is 97.7 Å². The summed E-state index contributed by atoms with van der Waals surface area (Å²) in [4.78, 5) is 23.7. The van der Waals surface area contributed by atoms with Crippen molar-refractivity contribution >= 4 is 17.6 Å². The highest BCUT2D eigenvalue weighted by molar-refractivity contribution is 6.03. The molecule has 8 heteroatoms. The van der Waals surface area contributed by atoms with Crippen LogP contribution in [0.3, 0.4) is 0 Å². The summed E-state index contributed by atoms with van der Waals surface area (Å²) in [5, 5.41) is 14.9. The summed E-state index contributed by atoms with van der Waals surface area (Å²) in [6.07, 6.45) is 0.0630. The number of carboxylic acids is 1. The number of nitrogens with zero attached hydrogens (tertiary/aromatic N) is 2. The molecule has 0 aliphatic carbocycles. The van der Waals surface area contributed by atoms with Crippen LogP contribution < -0.4 is 14.2 Å². The van der Waals surface area contributed by atoms with Gasteiger partial charge in [0.25, 0.3) is 0 Å². The van der Waals surface area contributed by atoms with Crippen LogP contribution in [-0.2, 0) is 9.59 Å². The van der Waals surface area contributed by atoms with E-state index in [2.05, 4.69) is 5.10 Å². The second-order valence-corrected chi connectivity index (χ2v) is 6.71. The molecule has 1 aliphatic heterocycles. The standard InChI is InChI=1S/C22H24N2O6/c1-28-18-7-5-4-6-15(18)17-13-16(23-24(17)21(25)10-11-22(26)27)14-8-9-19(29-2)20(12-14)30-3/h4-9,12,17H,10-11,13H2,1-3H3,(H,26,27)/t17-/m0/s1. The van der Waals surface area contributed by atoms with Gasteiger partial charge >= 0.3 is 5.97 Å². The summed E-state index contributed by atoms with van der Waals surface area (Å²) < 4.78 is 16.1. The molecule has 158 valence electrons. The number of carbonyl (C=O) groups excluding carboxylic acids is 1. The van der Waals surface area contributed by atoms with E-state index in [0.717, 1.165) is 11.1 Å². The lowest BCUT2D eigenvalue weighted by Crippen LogP contribution is -2.27. The van der Waals surface area contributed by atoms with Gasteiger partial charge in [0.1, 0.15) is 5.75 Å². The van der Waals surface area contributed by atoms with E-state index < -0.39 is 12.0 Å². The first-order chi connectivity index (χ1) is 14.5. The quantitative estimate of drug-likeness (QED) is 0.715. The van der Waals surface area contributed by atoms with E-state index in [1.54, 1.807) is 27.4 Å². The molecule has 0 saturated heterocycles. The molecule has 30 heavy (non-hydrogen) atoms. The van der Waals surface area contributed by atoms with Gasteiger partial charge in [-0.1, -0.05) is 18.2 Å². The molecule has 1 atom stereocenters. The minimum absolute atomic E-state index is 0.135. The van der Waals surface area contributed by atoms with Crippen LogP contribution in [0.4, 0.5) is 0 Å². The predicted molar refractivity (Wildman–Crippen MR) is 110 cm³/mol. The fourth-order valence-electron chi connectivity index (χ4n) is 3.44. The molecule has 0 radical (unpaired) electrons. The van der Waals surface area contributed by atoms with E-state index in [9.17, 15) is 9.59 Å². The monoisotopic (exact) mass is 412 g/mol. The Morgan fingerprint density at radius 2 is 1.70 bits per heavy atom. The summed E-state index contributed by atoms with van der Waals surface area (Å²) in [7, 11) is 4.68. The summed E-state index contributed by atoms with van der Waals surface area (Å²) in [5.74, 6) is 0.407. The molecular formula is C22H24N2O6. The van der Waals surface area contributed by atoms with Gasteiger partial charge < -0.3 is 19.3 Å². The van der Waals surface area contributed by atoms with E-state index in [1.807, 2.05) is 36.4 Å². The van der Waals surface area contributed by atoms with Crippen LogP contribution in [0.2, 0.25) is 0 Å². The molecule has 1 aliphatic rings. The Morgan fingerprint density at radius 3 is 2.37 bits per heavy atom. The molecule has 0 unspecified atom stereocenters. The highest BCUT2D eigenvalue weighted by atomic mass is 16.5. The number of ether oxygens (including phenoxy) is 3. The maximum atomic E-state index is 12.8. The van der Waals surface area contributed by atoms with Gasteiger partial charge in [-0.3, -0.25) is 9.59 Å². The zero-order valence-electron chi connectivity index (χ0n) is 17.1. The highest BCUT2D eigenvalue weighted by Gasteiger charge is 2.34. The zero-order valence-corrected chi connectivity index (χ0v) is 17.1. The number of aliphatic carboxylic acids is 1. The summed E-state index contributed by atoms with van der Waals surface area (Å²) in [6, 6.07) is 12.5. The van der Waals surface area contributed by atoms with Gasteiger partial charge in [-0.15, -0.1) is 0 Å². The number of hydrogen-bond donors (Lipinski definition) is 1. The third kappa shape index (κ3) is 4.37. The molecule has 0 aromatic heterocycles. The number of carbonyl (C=O) groups is 2. The van der Waals surface area contributed by atoms with Gasteiger partial charge in [0.05, 0.1) is 39.5 Å². The Kier molecular flexibility index (Phi) is 6.56. The zero-order chi connectivity index (χ0) is 21.7. The molecule has 3 rings (SSSR count). The van der Waals surface area contributed by atoms with E-state index in [0.29, 0.717) is 29.4 Å². The number of para-hydroxylation sites is 1. The van der Waals surface area contributed by atoms with Gasteiger partial charge in [-0.05, 0) is 24.3 Å². The predicted octanol–water partition coefficient (Wildman–Crippen LogP) is 3.25. The summed E-state index contributed by atoms with van der Waals surface area (Å²) >= 11 is 0. The fourth-order valence-corrected chi connectivity index (χ4v) is 3.44. The van der Waals surface area contributed by atoms with Crippen molar-refractivity contribution in [3.8, 4) is 17.2 Å². The molecule has 0 fully saturated rings. The summed E-state index contributed by atoms with van der Waals surface area (Å²) in [6.45, 7) is 0. The smallest absolute Gasteiger partial charge is 0.303 e. The molecule has 8 nitrogen and oxygen atoms in total. The first kappa shape index (κ1) is 21.2. The lowest BCUT2D eigenvalue weighted by molar-refractivity contribution is -0.141. The van der Waals surface area contributed by atoms with Crippen molar-refractivity contribution in [3.63, 3.8) is 0 Å². The molecule has 0 spiro atoms. The van der Waals surface area contributed by atoms with E-state index in [4.69, 9.17) is 19.3 Å². The lowest BCUT2D eigenvalue weighted by atomic mass is 9.97. The largest absolute Gasteiger partial charge is 0.496 e. The van der Waals surface area contributed by atoms with Gasteiger partial charge in [-0.25, -0.2) is 5.01 Å². The van der Waals surface area contributed by atoms with Crippen LogP contribution in [-0.4, -0.2) is 49.0 Å². The van der Waals surface area contributed by atoms with Gasteiger partial charge in [0.15, 0.2) is 11.5 Å². The average molecular weight is 412 g/mol. The number of hydrazone groups is 1. The van der Waals surface area contributed by atoms with Gasteiger partial charge in [-0.2, -0.15) is 5.10 Å². The minimum Gasteiger partial charge on any atom is -0.496 e. The first-order valence-corrected chi connectivity index (χ1v) is 9.45. The Bertz CT molecular complexity index is 972. The van der Waals surface area contributed by atoms with E-state index >= 15 is 0 Å². The summed E-state index contributed by atoms with van der Waals surface area (Å²) in [5.41, 5.74) is 2.29. The Labute approximate surface area is 174 Å². The molecule has 2 aromatic rings. The van der Waals surface area contributed by atoms with Crippen molar-refractivity contribution in [2.75, 3.05) is 21.3 Å². The van der Waals surface area contributed by atoms with Gasteiger partial charge in [0.2, 0.25) is 5.91 Å². The van der Waals surface area contributed by atoms with Crippen molar-refractivity contribution < 1.29 is 28.9 Å². The van der Waals surface area contributed by atoms with Crippen LogP contribution in [0.5, 0.6) is 17.2 Å². The molecule has 0 saturated carbocycles. The normalized spacial score (nSPS) is 15.5. The van der Waals surface area contributed by atoms with Crippen LogP contribution in [0.1, 0.15) is 36.4 Å². The fraction of sp³-hybridized carbons (Fsp3) is 0.318. The lowest BCUT2D eigenvalue weighted by Gasteiger charge is -2.23. The number of benzene rings is 2. The first-order valence-electron chi connectivity index (χ1n) is 9.45. The molecule has 1 N–H and O–H groups in total. The number of methoxy groups -OCH3 is 3. The Morgan fingerprint density at radius 1 is 1.00 bits per heavy atom. The number of amides is 1. The number of hydrogen-bond acceptors (Lipinski definition) is 6. The second kappa shape index (κ2) is 9.30. The SMILES string of the molecule is COc1ccc(C2=NN(C(=O)CCC(=O)O)[C@H](c3ccccc3OC)C2)cc1OC. The average Bonchev–Trinajstić information content (AvgIpc) is 3.22. The second-order valence-electron chi connectivity index (χ2n) is 6.71. The third-order valence-electron chi connectivity index (χ3n) is 4.93. The van der Waals surface area contributed by atoms with Crippen LogP contribution in [0.15, 0.2) is 47.6 Å². The molecule has 0 bridgehead atoms. The molecule has 1 amide bonds. The van der Waals surface area contributed by atoms with E-state index in [1.165, 1.54) is 5.01 Å². The molecule has 2 aromatic carbocycles. The van der Waals surface area contributed by atoms with Gasteiger partial charge in [0, 0.05) is 24.0 Å².